The number of rotatable bonds is 6. The highest BCUT2D eigenvalue weighted by Gasteiger charge is 2.49. The highest BCUT2D eigenvalue weighted by molar-refractivity contribution is 7.80. The molecular formula is C12H17N5O7S. The number of hydroxylamine groups is 3. The van der Waals surface area contributed by atoms with Gasteiger partial charge in [-0.25, -0.2) is 15.3 Å². The number of amides is 3. The van der Waals surface area contributed by atoms with E-state index in [-0.39, 0.29) is 13.2 Å². The minimum absolute atomic E-state index is 0.101. The van der Waals surface area contributed by atoms with Crippen LogP contribution in [-0.2, 0) is 38.0 Å². The molecule has 3 heterocycles. The molecule has 2 bridgehead atoms. The van der Waals surface area contributed by atoms with Crippen molar-refractivity contribution in [2.45, 2.75) is 31.5 Å². The van der Waals surface area contributed by atoms with Gasteiger partial charge in [0, 0.05) is 13.6 Å². The van der Waals surface area contributed by atoms with Gasteiger partial charge in [-0.05, 0) is 12.8 Å². The summed E-state index contributed by atoms with van der Waals surface area (Å²) in [4.78, 5) is 34.7. The number of hydrogen-bond donors (Lipinski definition) is 2. The average molecular weight is 375 g/mol. The molecule has 2 N–H and O–H groups in total. The Balaban J connectivity index is 1.58. The molecule has 0 aliphatic carbocycles. The first-order valence-electron chi connectivity index (χ1n) is 7.40. The fraction of sp³-hybridized carbons (Fsp3) is 0.583. The lowest BCUT2D eigenvalue weighted by Crippen LogP contribution is -2.49. The largest absolute Gasteiger partial charge is 0.418 e. The third-order valence-corrected chi connectivity index (χ3v) is 4.46. The fourth-order valence-corrected chi connectivity index (χ4v) is 3.27. The molecule has 25 heavy (non-hydrogen) atoms. The van der Waals surface area contributed by atoms with Crippen molar-refractivity contribution in [1.82, 2.24) is 25.0 Å². The molecule has 3 rings (SSSR count). The van der Waals surface area contributed by atoms with Crippen LogP contribution in [-0.4, -0.2) is 63.1 Å². The van der Waals surface area contributed by atoms with Crippen LogP contribution < -0.4 is 5.48 Å². The smallest absolute Gasteiger partial charge is 0.336 e. The molecule has 13 heteroatoms. The topological polar surface area (TPSA) is 143 Å². The van der Waals surface area contributed by atoms with Crippen LogP contribution in [0.1, 0.15) is 18.5 Å². The van der Waals surface area contributed by atoms with Gasteiger partial charge in [0.25, 0.3) is 5.91 Å². The SMILES string of the molecule is Cn1cncc1CONC(=O)[C@@H]1CC[C@@H]2CN1C(=O)N2OS(=O)(=O)O. The molecule has 2 aliphatic rings. The molecular weight excluding hydrogens is 358 g/mol. The Kier molecular flexibility index (Phi) is 4.64. The van der Waals surface area contributed by atoms with Gasteiger partial charge >= 0.3 is 16.4 Å². The third-order valence-electron chi connectivity index (χ3n) is 4.11. The molecule has 0 spiro atoms. The molecule has 2 aliphatic heterocycles. The van der Waals surface area contributed by atoms with Crippen LogP contribution >= 0.6 is 0 Å². The molecule has 0 radical (unpaired) electrons. The predicted molar refractivity (Wildman–Crippen MR) is 79.5 cm³/mol. The summed E-state index contributed by atoms with van der Waals surface area (Å²) in [6, 6.07) is -2.16. The molecule has 1 aromatic rings. The second kappa shape index (κ2) is 6.59. The van der Waals surface area contributed by atoms with Gasteiger partial charge in [-0.1, -0.05) is 0 Å². The molecule has 12 nitrogen and oxygen atoms in total. The van der Waals surface area contributed by atoms with Gasteiger partial charge in [-0.2, -0.15) is 13.5 Å². The highest BCUT2D eigenvalue weighted by atomic mass is 32.3. The first-order valence-corrected chi connectivity index (χ1v) is 8.76. The van der Waals surface area contributed by atoms with E-state index in [1.54, 1.807) is 24.1 Å². The zero-order valence-electron chi connectivity index (χ0n) is 13.2. The van der Waals surface area contributed by atoms with Gasteiger partial charge in [0.2, 0.25) is 0 Å². The van der Waals surface area contributed by atoms with Crippen molar-refractivity contribution < 1.29 is 31.7 Å². The van der Waals surface area contributed by atoms with E-state index in [9.17, 15) is 18.0 Å². The van der Waals surface area contributed by atoms with Crippen molar-refractivity contribution >= 4 is 22.3 Å². The number of nitrogens with zero attached hydrogens (tertiary/aromatic N) is 4. The quantitative estimate of drug-likeness (QED) is 0.475. The van der Waals surface area contributed by atoms with Crippen LogP contribution in [0.15, 0.2) is 12.5 Å². The number of piperidine rings is 1. The van der Waals surface area contributed by atoms with Crippen molar-refractivity contribution in [2.24, 2.45) is 7.05 Å². The Morgan fingerprint density at radius 2 is 2.24 bits per heavy atom. The third kappa shape index (κ3) is 3.73. The summed E-state index contributed by atoms with van der Waals surface area (Å²) in [5.74, 6) is -0.525. The van der Waals surface area contributed by atoms with Gasteiger partial charge in [0.1, 0.15) is 12.6 Å². The maximum absolute atomic E-state index is 12.3. The van der Waals surface area contributed by atoms with E-state index in [4.69, 9.17) is 9.39 Å². The average Bonchev–Trinajstić information content (AvgIpc) is 3.04. The molecule has 2 atom stereocenters. The Morgan fingerprint density at radius 3 is 2.88 bits per heavy atom. The van der Waals surface area contributed by atoms with E-state index in [0.29, 0.717) is 17.9 Å². The Bertz CT molecular complexity index is 779. The van der Waals surface area contributed by atoms with Crippen LogP contribution in [0, 0.1) is 0 Å². The van der Waals surface area contributed by atoms with E-state index < -0.39 is 34.4 Å². The van der Waals surface area contributed by atoms with E-state index in [2.05, 4.69) is 14.7 Å². The number of fused-ring (bicyclic) bond motifs is 2. The molecule has 0 unspecified atom stereocenters. The van der Waals surface area contributed by atoms with Gasteiger partial charge in [-0.15, -0.1) is 4.28 Å². The van der Waals surface area contributed by atoms with Crippen molar-refractivity contribution in [2.75, 3.05) is 6.54 Å². The monoisotopic (exact) mass is 375 g/mol. The Morgan fingerprint density at radius 1 is 1.48 bits per heavy atom. The molecule has 0 saturated carbocycles. The number of nitrogens with one attached hydrogen (secondary N) is 1. The minimum Gasteiger partial charge on any atom is -0.336 e. The molecule has 2 saturated heterocycles. The number of aromatic nitrogens is 2. The minimum atomic E-state index is -4.82. The summed E-state index contributed by atoms with van der Waals surface area (Å²) in [6.45, 7) is 0.220. The zero-order valence-corrected chi connectivity index (χ0v) is 14.0. The number of urea groups is 1. The normalized spacial score (nSPS) is 23.2. The summed E-state index contributed by atoms with van der Waals surface area (Å²) >= 11 is 0. The van der Waals surface area contributed by atoms with E-state index in [1.165, 1.54) is 4.90 Å². The Labute approximate surface area is 143 Å². The lowest BCUT2D eigenvalue weighted by molar-refractivity contribution is -0.140. The summed E-state index contributed by atoms with van der Waals surface area (Å²) in [6.07, 6.45) is 3.83. The van der Waals surface area contributed by atoms with Gasteiger partial charge < -0.3 is 9.47 Å². The van der Waals surface area contributed by atoms with Crippen LogP contribution in [0.25, 0.3) is 0 Å². The number of aryl methyl sites for hydroxylation is 1. The molecule has 138 valence electrons. The van der Waals surface area contributed by atoms with Crippen molar-refractivity contribution in [3.8, 4) is 0 Å². The maximum atomic E-state index is 12.3. The van der Waals surface area contributed by atoms with Gasteiger partial charge in [0.05, 0.1) is 24.3 Å². The van der Waals surface area contributed by atoms with E-state index >= 15 is 0 Å². The van der Waals surface area contributed by atoms with Gasteiger partial charge in [-0.3, -0.25) is 14.2 Å². The van der Waals surface area contributed by atoms with Crippen LogP contribution in [0.3, 0.4) is 0 Å². The number of hydrogen-bond acceptors (Lipinski definition) is 7. The predicted octanol–water partition coefficient (Wildman–Crippen LogP) is -1.03. The summed E-state index contributed by atoms with van der Waals surface area (Å²) < 4.78 is 36.4. The lowest BCUT2D eigenvalue weighted by Gasteiger charge is -2.28. The molecule has 1 aromatic heterocycles. The van der Waals surface area contributed by atoms with Crippen LogP contribution in [0.5, 0.6) is 0 Å². The van der Waals surface area contributed by atoms with E-state index in [1.807, 2.05) is 0 Å². The molecule has 0 aromatic carbocycles. The molecule has 2 fully saturated rings. The first kappa shape index (κ1) is 17.6. The lowest BCUT2D eigenvalue weighted by atomic mass is 10.0. The number of imidazole rings is 1. The maximum Gasteiger partial charge on any atom is 0.418 e. The summed E-state index contributed by atoms with van der Waals surface area (Å²) in [5, 5.41) is 0.582. The Hall–Kier alpha value is -2.22. The highest BCUT2D eigenvalue weighted by Crippen LogP contribution is 2.30. The fourth-order valence-electron chi connectivity index (χ4n) is 2.88. The van der Waals surface area contributed by atoms with Crippen molar-refractivity contribution in [3.05, 3.63) is 18.2 Å². The van der Waals surface area contributed by atoms with Crippen molar-refractivity contribution in [1.29, 1.82) is 0 Å². The molecule has 3 amide bonds. The zero-order chi connectivity index (χ0) is 18.2. The second-order valence-corrected chi connectivity index (χ2v) is 6.77. The van der Waals surface area contributed by atoms with E-state index in [0.717, 1.165) is 5.69 Å². The van der Waals surface area contributed by atoms with Crippen LogP contribution in [0.4, 0.5) is 4.79 Å². The van der Waals surface area contributed by atoms with Gasteiger partial charge in [0.15, 0.2) is 0 Å². The second-order valence-electron chi connectivity index (χ2n) is 5.76. The first-order chi connectivity index (χ1) is 11.8. The van der Waals surface area contributed by atoms with Crippen molar-refractivity contribution in [3.63, 3.8) is 0 Å². The summed E-state index contributed by atoms with van der Waals surface area (Å²) in [7, 11) is -3.04. The van der Waals surface area contributed by atoms with Crippen LogP contribution in [0.2, 0.25) is 0 Å². The number of carbonyl (C=O) groups excluding carboxylic acids is 2. The number of carbonyl (C=O) groups is 2. The standard InChI is InChI=1S/C12H17N5O7S/c1-15-7-13-4-9(15)6-23-14-11(18)10-3-2-8-5-16(10)12(19)17(8)24-25(20,21)22/h4,7-8,10H,2-3,5-6H2,1H3,(H,14,18)(H,20,21,22)/t8-,10+/m1/s1. The summed E-state index contributed by atoms with van der Waals surface area (Å²) in [5.41, 5.74) is 3.03.